The molecule has 18 heavy (non-hydrogen) atoms. The predicted molar refractivity (Wildman–Crippen MR) is 69.2 cm³/mol. The smallest absolute Gasteiger partial charge is 0.192 e. The summed E-state index contributed by atoms with van der Waals surface area (Å²) in [7, 11) is 1.55. The summed E-state index contributed by atoms with van der Waals surface area (Å²) in [6.07, 6.45) is 0.179. The van der Waals surface area contributed by atoms with Gasteiger partial charge in [-0.05, 0) is 26.0 Å². The molecule has 0 aliphatic rings. The van der Waals surface area contributed by atoms with Gasteiger partial charge < -0.3 is 14.2 Å². The summed E-state index contributed by atoms with van der Waals surface area (Å²) in [5.74, 6) is 0.488. The quantitative estimate of drug-likeness (QED) is 0.526. The lowest BCUT2D eigenvalue weighted by molar-refractivity contribution is 0.0207. The standard InChI is InChI=1S/C14H20O4/c1-11(2)18-9-8-17-10-13(15)12-6-4-5-7-14(12)16-3/h4-7,11H,8-10H2,1-3H3. The maximum Gasteiger partial charge on any atom is 0.192 e. The van der Waals surface area contributed by atoms with Crippen LogP contribution in [0.15, 0.2) is 24.3 Å². The summed E-state index contributed by atoms with van der Waals surface area (Å²) in [5, 5.41) is 0. The molecule has 1 aromatic carbocycles. The second-order valence-electron chi connectivity index (χ2n) is 4.10. The molecule has 0 amide bonds. The van der Waals surface area contributed by atoms with E-state index in [0.29, 0.717) is 24.5 Å². The fourth-order valence-corrected chi connectivity index (χ4v) is 1.46. The largest absolute Gasteiger partial charge is 0.496 e. The van der Waals surface area contributed by atoms with Gasteiger partial charge in [0.25, 0.3) is 0 Å². The third-order valence-corrected chi connectivity index (χ3v) is 2.32. The first-order valence-electron chi connectivity index (χ1n) is 6.00. The average Bonchev–Trinajstić information content (AvgIpc) is 2.37. The van der Waals surface area contributed by atoms with Crippen LogP contribution in [0.4, 0.5) is 0 Å². The molecule has 100 valence electrons. The van der Waals surface area contributed by atoms with Crippen molar-refractivity contribution in [1.29, 1.82) is 0 Å². The SMILES string of the molecule is COc1ccccc1C(=O)COCCOC(C)C. The van der Waals surface area contributed by atoms with E-state index in [1.807, 2.05) is 19.9 Å². The zero-order valence-corrected chi connectivity index (χ0v) is 11.1. The molecule has 0 saturated carbocycles. The third kappa shape index (κ3) is 4.85. The lowest BCUT2D eigenvalue weighted by Gasteiger charge is -2.09. The minimum atomic E-state index is -0.0861. The van der Waals surface area contributed by atoms with Gasteiger partial charge in [0.15, 0.2) is 5.78 Å². The molecule has 0 aliphatic carbocycles. The van der Waals surface area contributed by atoms with Gasteiger partial charge in [-0.1, -0.05) is 12.1 Å². The second kappa shape index (κ2) is 7.84. The lowest BCUT2D eigenvalue weighted by atomic mass is 10.1. The van der Waals surface area contributed by atoms with Crippen LogP contribution in [0.1, 0.15) is 24.2 Å². The molecule has 0 unspecified atom stereocenters. The Kier molecular flexibility index (Phi) is 6.39. The van der Waals surface area contributed by atoms with Crippen molar-refractivity contribution in [3.63, 3.8) is 0 Å². The number of ketones is 1. The highest BCUT2D eigenvalue weighted by Crippen LogP contribution is 2.17. The van der Waals surface area contributed by atoms with E-state index in [2.05, 4.69) is 0 Å². The Hall–Kier alpha value is -1.39. The van der Waals surface area contributed by atoms with E-state index in [1.165, 1.54) is 0 Å². The number of carbonyl (C=O) groups excluding carboxylic acids is 1. The van der Waals surface area contributed by atoms with E-state index in [0.717, 1.165) is 0 Å². The molecule has 0 aromatic heterocycles. The molecule has 0 N–H and O–H groups in total. The summed E-state index contributed by atoms with van der Waals surface area (Å²) >= 11 is 0. The highest BCUT2D eigenvalue weighted by molar-refractivity contribution is 5.99. The molecule has 0 aliphatic heterocycles. The fraction of sp³-hybridized carbons (Fsp3) is 0.500. The summed E-state index contributed by atoms with van der Waals surface area (Å²) in [6.45, 7) is 4.87. The molecule has 0 saturated heterocycles. The third-order valence-electron chi connectivity index (χ3n) is 2.32. The van der Waals surface area contributed by atoms with Crippen molar-refractivity contribution >= 4 is 5.78 Å². The highest BCUT2D eigenvalue weighted by Gasteiger charge is 2.11. The summed E-state index contributed by atoms with van der Waals surface area (Å²) < 4.78 is 15.7. The van der Waals surface area contributed by atoms with Gasteiger partial charge >= 0.3 is 0 Å². The number of Topliss-reactive ketones (excluding diaryl/α,β-unsaturated/α-hetero) is 1. The maximum atomic E-state index is 11.9. The molecule has 4 nitrogen and oxygen atoms in total. The van der Waals surface area contributed by atoms with Crippen molar-refractivity contribution < 1.29 is 19.0 Å². The van der Waals surface area contributed by atoms with Crippen molar-refractivity contribution in [2.24, 2.45) is 0 Å². The lowest BCUT2D eigenvalue weighted by Crippen LogP contribution is -2.15. The Balaban J connectivity index is 2.36. The number of rotatable bonds is 8. The first kappa shape index (κ1) is 14.7. The average molecular weight is 252 g/mol. The van der Waals surface area contributed by atoms with Crippen molar-refractivity contribution in [3.05, 3.63) is 29.8 Å². The van der Waals surface area contributed by atoms with Crippen molar-refractivity contribution in [2.75, 3.05) is 26.9 Å². The summed E-state index contributed by atoms with van der Waals surface area (Å²) in [4.78, 5) is 11.9. The van der Waals surface area contributed by atoms with Gasteiger partial charge in [0.2, 0.25) is 0 Å². The van der Waals surface area contributed by atoms with Crippen molar-refractivity contribution in [3.8, 4) is 5.75 Å². The number of methoxy groups -OCH3 is 1. The minimum absolute atomic E-state index is 0.0435. The van der Waals surface area contributed by atoms with Gasteiger partial charge in [-0.3, -0.25) is 4.79 Å². The molecule has 4 heteroatoms. The molecule has 1 aromatic rings. The van der Waals surface area contributed by atoms with Gasteiger partial charge in [-0.2, -0.15) is 0 Å². The molecule has 0 spiro atoms. The van der Waals surface area contributed by atoms with Gasteiger partial charge in [0.05, 0.1) is 32.0 Å². The van der Waals surface area contributed by atoms with E-state index in [9.17, 15) is 4.79 Å². The van der Waals surface area contributed by atoms with Gasteiger partial charge in [-0.15, -0.1) is 0 Å². The van der Waals surface area contributed by atoms with E-state index in [-0.39, 0.29) is 18.5 Å². The molecule has 0 fully saturated rings. The molecule has 0 heterocycles. The zero-order valence-electron chi connectivity index (χ0n) is 11.1. The molecular formula is C14H20O4. The van der Waals surface area contributed by atoms with Crippen LogP contribution in [-0.2, 0) is 9.47 Å². The van der Waals surface area contributed by atoms with Crippen LogP contribution in [0.5, 0.6) is 5.75 Å². The zero-order chi connectivity index (χ0) is 13.4. The van der Waals surface area contributed by atoms with Crippen LogP contribution in [0.25, 0.3) is 0 Å². The summed E-state index contributed by atoms with van der Waals surface area (Å²) in [6, 6.07) is 7.12. The van der Waals surface area contributed by atoms with Crippen LogP contribution in [0.3, 0.4) is 0 Å². The van der Waals surface area contributed by atoms with Crippen LogP contribution >= 0.6 is 0 Å². The topological polar surface area (TPSA) is 44.8 Å². The number of para-hydroxylation sites is 1. The van der Waals surface area contributed by atoms with Gasteiger partial charge in [0.1, 0.15) is 12.4 Å². The minimum Gasteiger partial charge on any atom is -0.496 e. The van der Waals surface area contributed by atoms with E-state index >= 15 is 0 Å². The highest BCUT2D eigenvalue weighted by atomic mass is 16.5. The molecular weight excluding hydrogens is 232 g/mol. The van der Waals surface area contributed by atoms with Crippen LogP contribution in [0.2, 0.25) is 0 Å². The Bertz CT molecular complexity index is 374. The van der Waals surface area contributed by atoms with Crippen molar-refractivity contribution in [2.45, 2.75) is 20.0 Å². The number of benzene rings is 1. The Morgan fingerprint density at radius 3 is 2.61 bits per heavy atom. The fourth-order valence-electron chi connectivity index (χ4n) is 1.46. The van der Waals surface area contributed by atoms with Crippen LogP contribution in [-0.4, -0.2) is 38.8 Å². The Labute approximate surface area is 108 Å². The van der Waals surface area contributed by atoms with E-state index < -0.39 is 0 Å². The van der Waals surface area contributed by atoms with E-state index in [4.69, 9.17) is 14.2 Å². The van der Waals surface area contributed by atoms with Crippen LogP contribution in [0, 0.1) is 0 Å². The molecule has 0 atom stereocenters. The monoisotopic (exact) mass is 252 g/mol. The number of hydrogen-bond donors (Lipinski definition) is 0. The first-order valence-corrected chi connectivity index (χ1v) is 6.00. The van der Waals surface area contributed by atoms with Crippen LogP contribution < -0.4 is 4.74 Å². The molecule has 0 radical (unpaired) electrons. The van der Waals surface area contributed by atoms with E-state index in [1.54, 1.807) is 25.3 Å². The first-order chi connectivity index (χ1) is 8.65. The van der Waals surface area contributed by atoms with Gasteiger partial charge in [0, 0.05) is 0 Å². The summed E-state index contributed by atoms with van der Waals surface area (Å²) in [5.41, 5.74) is 0.546. The molecule has 0 bridgehead atoms. The number of ether oxygens (including phenoxy) is 3. The number of carbonyl (C=O) groups is 1. The number of hydrogen-bond acceptors (Lipinski definition) is 4. The van der Waals surface area contributed by atoms with Crippen molar-refractivity contribution in [1.82, 2.24) is 0 Å². The Morgan fingerprint density at radius 1 is 1.22 bits per heavy atom. The molecule has 1 rings (SSSR count). The normalized spacial score (nSPS) is 10.7. The van der Waals surface area contributed by atoms with Gasteiger partial charge in [-0.25, -0.2) is 0 Å². The second-order valence-corrected chi connectivity index (χ2v) is 4.10. The maximum absolute atomic E-state index is 11.9. The predicted octanol–water partition coefficient (Wildman–Crippen LogP) is 2.32. The Morgan fingerprint density at radius 2 is 1.94 bits per heavy atom.